The van der Waals surface area contributed by atoms with E-state index in [-0.39, 0.29) is 10.8 Å². The summed E-state index contributed by atoms with van der Waals surface area (Å²) in [6.07, 6.45) is 18.4. The molecule has 3 aliphatic carbocycles. The van der Waals surface area contributed by atoms with Crippen LogP contribution in [0, 0.1) is 19.8 Å². The minimum absolute atomic E-state index is 0.139. The van der Waals surface area contributed by atoms with Crippen LogP contribution in [0.25, 0.3) is 17.2 Å². The van der Waals surface area contributed by atoms with Crippen molar-refractivity contribution < 1.29 is 0 Å². The molecule has 0 aromatic heterocycles. The molecule has 5 aromatic rings. The van der Waals surface area contributed by atoms with Gasteiger partial charge in [0, 0.05) is 16.9 Å². The van der Waals surface area contributed by atoms with E-state index < -0.39 is 0 Å². The smallest absolute Gasteiger partial charge is 0.0539 e. The van der Waals surface area contributed by atoms with Crippen molar-refractivity contribution in [1.82, 2.24) is 0 Å². The molecule has 0 spiro atoms. The highest BCUT2D eigenvalue weighted by molar-refractivity contribution is 5.88. The van der Waals surface area contributed by atoms with Gasteiger partial charge in [-0.15, -0.1) is 0 Å². The van der Waals surface area contributed by atoms with E-state index in [4.69, 9.17) is 0 Å². The van der Waals surface area contributed by atoms with Crippen LogP contribution in [0.5, 0.6) is 0 Å². The topological polar surface area (TPSA) is 3.24 Å². The predicted molar refractivity (Wildman–Crippen MR) is 250 cm³/mol. The van der Waals surface area contributed by atoms with Gasteiger partial charge < -0.3 is 4.90 Å². The first-order valence-electron chi connectivity index (χ1n) is 21.6. The van der Waals surface area contributed by atoms with Gasteiger partial charge in [-0.1, -0.05) is 188 Å². The van der Waals surface area contributed by atoms with Crippen molar-refractivity contribution in [3.63, 3.8) is 0 Å². The van der Waals surface area contributed by atoms with E-state index in [0.29, 0.717) is 11.8 Å². The van der Waals surface area contributed by atoms with Crippen LogP contribution in [-0.2, 0) is 23.7 Å². The molecule has 57 heavy (non-hydrogen) atoms. The van der Waals surface area contributed by atoms with Crippen LogP contribution < -0.4 is 4.90 Å². The molecule has 0 saturated heterocycles. The van der Waals surface area contributed by atoms with E-state index in [0.717, 1.165) is 32.1 Å². The Hall–Kier alpha value is -4.88. The van der Waals surface area contributed by atoms with Gasteiger partial charge in [0.1, 0.15) is 0 Å². The first kappa shape index (κ1) is 41.7. The molecule has 0 bridgehead atoms. The highest BCUT2D eigenvalue weighted by Gasteiger charge is 2.33. The highest BCUT2D eigenvalue weighted by atomic mass is 15.2. The number of hydrogen-bond acceptors (Lipinski definition) is 1. The lowest BCUT2D eigenvalue weighted by Gasteiger charge is -2.37. The van der Waals surface area contributed by atoms with E-state index in [9.17, 15) is 0 Å². The van der Waals surface area contributed by atoms with Crippen LogP contribution in [0.1, 0.15) is 131 Å². The first-order chi connectivity index (χ1) is 27.3. The first-order valence-corrected chi connectivity index (χ1v) is 21.6. The second-order valence-corrected chi connectivity index (χ2v) is 18.6. The molecular weight excluding hydrogens is 687 g/mol. The van der Waals surface area contributed by atoms with Crippen molar-refractivity contribution in [1.29, 1.82) is 0 Å². The third kappa shape index (κ3) is 9.99. The number of hydrogen-bond donors (Lipinski definition) is 0. The van der Waals surface area contributed by atoms with Crippen molar-refractivity contribution in [2.75, 3.05) is 4.90 Å². The minimum Gasteiger partial charge on any atom is -0.314 e. The number of rotatable bonds is 5. The zero-order valence-corrected chi connectivity index (χ0v) is 36.6. The Labute approximate surface area is 346 Å². The summed E-state index contributed by atoms with van der Waals surface area (Å²) in [5.41, 5.74) is 18.9. The normalized spacial score (nSPS) is 16.0. The van der Waals surface area contributed by atoms with Gasteiger partial charge in [0.2, 0.25) is 0 Å². The maximum atomic E-state index is 2.56. The molecule has 5 aromatic carbocycles. The van der Waals surface area contributed by atoms with E-state index in [1.807, 2.05) is 18.2 Å². The molecular formula is C56H67N. The molecule has 0 aliphatic heterocycles. The Morgan fingerprint density at radius 3 is 1.82 bits per heavy atom. The van der Waals surface area contributed by atoms with E-state index in [1.165, 1.54) is 68.0 Å². The number of benzene rings is 5. The van der Waals surface area contributed by atoms with Crippen molar-refractivity contribution >= 4 is 17.5 Å². The number of anilines is 2. The van der Waals surface area contributed by atoms with Gasteiger partial charge in [-0.2, -0.15) is 0 Å². The van der Waals surface area contributed by atoms with Crippen LogP contribution in [-0.4, -0.2) is 0 Å². The Morgan fingerprint density at radius 1 is 0.649 bits per heavy atom. The molecule has 3 aliphatic rings. The van der Waals surface area contributed by atoms with E-state index >= 15 is 0 Å². The summed E-state index contributed by atoms with van der Waals surface area (Å²) in [4.78, 5) is 2.56. The van der Waals surface area contributed by atoms with E-state index in [2.05, 4.69) is 196 Å². The molecule has 0 N–H and O–H groups in total. The summed E-state index contributed by atoms with van der Waals surface area (Å²) in [7, 11) is 0. The third-order valence-electron chi connectivity index (χ3n) is 12.2. The van der Waals surface area contributed by atoms with Crippen molar-refractivity contribution in [2.24, 2.45) is 5.92 Å². The quantitative estimate of drug-likeness (QED) is 0.173. The number of aryl methyl sites for hydroxylation is 2. The summed E-state index contributed by atoms with van der Waals surface area (Å²) >= 11 is 0. The Balaban J connectivity index is 0.000000250. The van der Waals surface area contributed by atoms with Gasteiger partial charge in [-0.3, -0.25) is 0 Å². The SMILES string of the molecule is CCC(C)C1Cc2c(cc(N(C3=CC=CCC3)c3ccc(C(C)(C)C)cc3)c3c2CCC=C3)-c2ccccc21.Cc1ccc(C(C)(C)C)cc1.Cc1ccccc1. The lowest BCUT2D eigenvalue weighted by molar-refractivity contribution is 0.439. The largest absolute Gasteiger partial charge is 0.314 e. The van der Waals surface area contributed by atoms with Crippen molar-refractivity contribution in [3.05, 3.63) is 184 Å². The maximum absolute atomic E-state index is 2.56. The van der Waals surface area contributed by atoms with Crippen molar-refractivity contribution in [2.45, 2.75) is 125 Å². The molecule has 8 rings (SSSR count). The zero-order chi connectivity index (χ0) is 40.7. The highest BCUT2D eigenvalue weighted by Crippen LogP contribution is 2.50. The molecule has 0 saturated carbocycles. The number of allylic oxidation sites excluding steroid dienone is 5. The lowest BCUT2D eigenvalue weighted by atomic mass is 9.70. The van der Waals surface area contributed by atoms with Crippen molar-refractivity contribution in [3.8, 4) is 11.1 Å². The monoisotopic (exact) mass is 754 g/mol. The Kier molecular flexibility index (Phi) is 13.3. The second kappa shape index (κ2) is 18.1. The molecule has 0 radical (unpaired) electrons. The molecule has 2 unspecified atom stereocenters. The molecule has 296 valence electrons. The standard InChI is InChI=1S/C38H43N.C11H16.C7H8/c1-6-26(2)34-24-35-32-18-12-13-19-33(32)37(25-36(35)31-17-11-10-16-30(31)34)39(28-14-8-7-9-15-28)29-22-20-27(21-23-29)38(3,4)5;1-9-5-7-10(8-6-9)11(2,3)4;1-7-5-3-2-4-6-7/h7-8,10-11,13-14,16-17,19-23,25-26,34H,6,9,12,15,18,24H2,1-5H3;5-8H,1-4H3;2-6H,1H3. The summed E-state index contributed by atoms with van der Waals surface area (Å²) in [6.45, 7) is 22.6. The minimum atomic E-state index is 0.139. The average Bonchev–Trinajstić information content (AvgIpc) is 3.21. The molecule has 2 atom stereocenters. The van der Waals surface area contributed by atoms with Gasteiger partial charge in [0.25, 0.3) is 0 Å². The predicted octanol–water partition coefficient (Wildman–Crippen LogP) is 16.0. The fraction of sp³-hybridized carbons (Fsp3) is 0.357. The lowest BCUT2D eigenvalue weighted by Crippen LogP contribution is -2.23. The molecule has 0 heterocycles. The molecule has 1 heteroatoms. The van der Waals surface area contributed by atoms with Gasteiger partial charge in [0.05, 0.1) is 5.69 Å². The summed E-state index contributed by atoms with van der Waals surface area (Å²) < 4.78 is 0. The summed E-state index contributed by atoms with van der Waals surface area (Å²) in [5, 5.41) is 0. The van der Waals surface area contributed by atoms with Gasteiger partial charge >= 0.3 is 0 Å². The number of fused-ring (bicyclic) bond motifs is 5. The van der Waals surface area contributed by atoms with Crippen LogP contribution in [0.3, 0.4) is 0 Å². The van der Waals surface area contributed by atoms with Crippen LogP contribution in [0.4, 0.5) is 11.4 Å². The Bertz CT molecular complexity index is 2180. The second-order valence-electron chi connectivity index (χ2n) is 18.6. The van der Waals surface area contributed by atoms with Gasteiger partial charge in [-0.25, -0.2) is 0 Å². The van der Waals surface area contributed by atoms with Gasteiger partial charge in [0.15, 0.2) is 0 Å². The average molecular weight is 754 g/mol. The van der Waals surface area contributed by atoms with E-state index in [1.54, 1.807) is 11.1 Å². The molecule has 1 nitrogen and oxygen atoms in total. The third-order valence-corrected chi connectivity index (χ3v) is 12.2. The van der Waals surface area contributed by atoms with Gasteiger partial charge in [-0.05, 0) is 132 Å². The fourth-order valence-electron chi connectivity index (χ4n) is 8.46. The molecule has 0 fully saturated rings. The summed E-state index contributed by atoms with van der Waals surface area (Å²) in [5.74, 6) is 1.26. The molecule has 0 amide bonds. The maximum Gasteiger partial charge on any atom is 0.0539 e. The fourth-order valence-corrected chi connectivity index (χ4v) is 8.46. The van der Waals surface area contributed by atoms with Crippen LogP contribution >= 0.6 is 0 Å². The summed E-state index contributed by atoms with van der Waals surface area (Å²) in [6, 6.07) is 40.1. The number of nitrogens with zero attached hydrogens (tertiary/aromatic N) is 1. The van der Waals surface area contributed by atoms with Crippen LogP contribution in [0.15, 0.2) is 139 Å². The Morgan fingerprint density at radius 2 is 1.25 bits per heavy atom. The van der Waals surface area contributed by atoms with Crippen LogP contribution in [0.2, 0.25) is 0 Å². The zero-order valence-electron chi connectivity index (χ0n) is 36.6.